The lowest BCUT2D eigenvalue weighted by Crippen LogP contribution is -2.47. The summed E-state index contributed by atoms with van der Waals surface area (Å²) in [5.41, 5.74) is -0.393. The molecule has 2 saturated heterocycles. The van der Waals surface area contributed by atoms with Gasteiger partial charge in [0.25, 0.3) is 35.4 Å². The summed E-state index contributed by atoms with van der Waals surface area (Å²) in [4.78, 5) is 138. The van der Waals surface area contributed by atoms with Crippen LogP contribution in [-0.4, -0.2) is 140 Å². The number of hydrogen-bond acceptors (Lipinski definition) is 10. The van der Waals surface area contributed by atoms with E-state index in [9.17, 15) is 47.9 Å². The first-order valence-electron chi connectivity index (χ1n) is 36.1. The molecule has 16 nitrogen and oxygen atoms in total. The molecular weight excluding hydrogens is 1120 g/mol. The second kappa shape index (κ2) is 39.4. The number of imide groups is 4. The van der Waals surface area contributed by atoms with E-state index in [1.54, 1.807) is 9.80 Å². The first kappa shape index (κ1) is 74.7. The monoisotopic (exact) mass is 1240 g/mol. The van der Waals surface area contributed by atoms with E-state index in [1.807, 2.05) is 34.6 Å². The zero-order valence-corrected chi connectivity index (χ0v) is 56.9. The highest BCUT2D eigenvalue weighted by atomic mass is 16.2. The third kappa shape index (κ3) is 23.9. The first-order chi connectivity index (χ1) is 42.7. The van der Waals surface area contributed by atoms with Crippen LogP contribution in [0, 0.1) is 40.9 Å². The summed E-state index contributed by atoms with van der Waals surface area (Å²) >= 11 is 0. The van der Waals surface area contributed by atoms with E-state index < -0.39 is 17.5 Å². The van der Waals surface area contributed by atoms with Crippen molar-refractivity contribution in [2.24, 2.45) is 40.9 Å². The highest BCUT2D eigenvalue weighted by molar-refractivity contribution is 6.13. The molecule has 0 N–H and O–H groups in total. The second-order valence-corrected chi connectivity index (χ2v) is 28.5. The van der Waals surface area contributed by atoms with Crippen molar-refractivity contribution in [3.8, 4) is 0 Å². The molecule has 0 spiro atoms. The van der Waals surface area contributed by atoms with Gasteiger partial charge in [0.1, 0.15) is 12.1 Å². The van der Waals surface area contributed by atoms with Crippen LogP contribution in [-0.2, 0) is 47.9 Å². The van der Waals surface area contributed by atoms with Gasteiger partial charge in [0.2, 0.25) is 23.6 Å². The van der Waals surface area contributed by atoms with Crippen LogP contribution in [0.3, 0.4) is 0 Å². The fourth-order valence-corrected chi connectivity index (χ4v) is 15.6. The summed E-state index contributed by atoms with van der Waals surface area (Å²) < 4.78 is 0. The van der Waals surface area contributed by atoms with E-state index in [0.29, 0.717) is 51.9 Å². The topological polar surface area (TPSA) is 190 Å². The maximum Gasteiger partial charge on any atom is 0.253 e. The molecule has 8 unspecified atom stereocenters. The lowest BCUT2D eigenvalue weighted by atomic mass is 9.61. The van der Waals surface area contributed by atoms with Gasteiger partial charge in [-0.1, -0.05) is 197 Å². The number of likely N-dealkylation sites (tertiary alicyclic amines) is 2. The molecule has 0 aromatic heterocycles. The maximum atomic E-state index is 14.0. The Morgan fingerprint density at radius 1 is 0.461 bits per heavy atom. The molecule has 4 heterocycles. The minimum Gasteiger partial charge on any atom is -0.330 e. The Morgan fingerprint density at radius 2 is 0.854 bits per heavy atom. The van der Waals surface area contributed by atoms with E-state index in [1.165, 1.54) is 172 Å². The van der Waals surface area contributed by atoms with Crippen molar-refractivity contribution >= 4 is 59.1 Å². The van der Waals surface area contributed by atoms with Crippen molar-refractivity contribution < 1.29 is 47.9 Å². The molecule has 0 aromatic carbocycles. The molecule has 0 radical (unpaired) electrons. The summed E-state index contributed by atoms with van der Waals surface area (Å²) in [5.74, 6) is 0.885. The molecule has 16 heteroatoms. The van der Waals surface area contributed by atoms with Gasteiger partial charge < -0.3 is 9.80 Å². The zero-order chi connectivity index (χ0) is 64.9. The van der Waals surface area contributed by atoms with Crippen molar-refractivity contribution in [1.29, 1.82) is 0 Å². The van der Waals surface area contributed by atoms with Gasteiger partial charge in [-0.3, -0.25) is 67.5 Å². The minimum absolute atomic E-state index is 0.0176. The lowest BCUT2D eigenvalue weighted by molar-refractivity contribution is -0.145. The third-order valence-electron chi connectivity index (χ3n) is 20.5. The van der Waals surface area contributed by atoms with Gasteiger partial charge in [0.15, 0.2) is 0 Å². The zero-order valence-electron chi connectivity index (χ0n) is 56.9. The molecule has 502 valence electrons. The molecule has 5 aliphatic rings. The molecule has 10 amide bonds. The molecule has 5 rings (SSSR count). The highest BCUT2D eigenvalue weighted by Crippen LogP contribution is 2.48. The molecule has 1 aliphatic carbocycles. The van der Waals surface area contributed by atoms with Gasteiger partial charge in [-0.2, -0.15) is 0 Å². The largest absolute Gasteiger partial charge is 0.330 e. The van der Waals surface area contributed by atoms with Crippen LogP contribution < -0.4 is 0 Å². The Kier molecular flexibility index (Phi) is 33.1. The van der Waals surface area contributed by atoms with Crippen molar-refractivity contribution in [2.45, 2.75) is 299 Å². The van der Waals surface area contributed by atoms with Crippen LogP contribution in [0.5, 0.6) is 0 Å². The first-order valence-corrected chi connectivity index (χ1v) is 36.1. The quantitative estimate of drug-likeness (QED) is 0.0418. The Labute approximate surface area is 537 Å². The molecule has 8 atom stereocenters. The van der Waals surface area contributed by atoms with Crippen molar-refractivity contribution in [3.05, 3.63) is 24.3 Å². The summed E-state index contributed by atoms with van der Waals surface area (Å²) in [6, 6.07) is -1.52. The van der Waals surface area contributed by atoms with Crippen LogP contribution in [0.1, 0.15) is 287 Å². The summed E-state index contributed by atoms with van der Waals surface area (Å²) in [5, 5.41) is 0. The molecular formula is C73H120N6O10. The smallest absolute Gasteiger partial charge is 0.253 e. The summed E-state index contributed by atoms with van der Waals surface area (Å²) in [6.07, 6.45) is 42.5. The van der Waals surface area contributed by atoms with Gasteiger partial charge in [-0.15, -0.1) is 0 Å². The van der Waals surface area contributed by atoms with Crippen LogP contribution in [0.4, 0.5) is 0 Å². The van der Waals surface area contributed by atoms with Crippen molar-refractivity contribution in [2.75, 3.05) is 39.3 Å². The van der Waals surface area contributed by atoms with E-state index in [-0.39, 0.29) is 110 Å². The number of unbranched alkanes of at least 4 members (excludes halogenated alkanes) is 18. The standard InChI is InChI=1S/C73H120N6O10/c1-9-13-15-17-23-29-37-59-57(35-27-16-14-10-2)39-40-58(60(59)38-30-24-19-21-26-31-46-74(63(80)11-3)61-50-69(86)77(71(61)88)48-33-34-56(6)53-78-67(84)43-44-68(78)85)36-28-22-18-20-25-32-47-75(64(81)12-4)62-51-70(87)79(72(62)89)54-73(7,8)52-55(5)45-49-76-65(82)41-42-66(76)83/h41-44,55-62H,9-40,45-54H2,1-8H3. The van der Waals surface area contributed by atoms with Crippen molar-refractivity contribution in [3.63, 3.8) is 0 Å². The number of nitrogens with zero attached hydrogens (tertiary/aromatic N) is 6. The second-order valence-electron chi connectivity index (χ2n) is 28.5. The van der Waals surface area contributed by atoms with E-state index in [4.69, 9.17) is 0 Å². The Hall–Kier alpha value is -5.02. The van der Waals surface area contributed by atoms with Crippen LogP contribution >= 0.6 is 0 Å². The maximum absolute atomic E-state index is 14.0. The number of rotatable bonds is 47. The predicted octanol–water partition coefficient (Wildman–Crippen LogP) is 13.9. The Balaban J connectivity index is 1.07. The Bertz CT molecular complexity index is 2330. The fourth-order valence-electron chi connectivity index (χ4n) is 15.6. The van der Waals surface area contributed by atoms with E-state index >= 15 is 0 Å². The van der Waals surface area contributed by atoms with Crippen LogP contribution in [0.2, 0.25) is 0 Å². The van der Waals surface area contributed by atoms with Crippen LogP contribution in [0.15, 0.2) is 24.3 Å². The number of amides is 10. The van der Waals surface area contributed by atoms with Gasteiger partial charge in [-0.05, 0) is 105 Å². The highest BCUT2D eigenvalue weighted by Gasteiger charge is 2.46. The molecule has 89 heavy (non-hydrogen) atoms. The van der Waals surface area contributed by atoms with Gasteiger partial charge in [0, 0.05) is 76.4 Å². The molecule has 0 bridgehead atoms. The normalized spacial score (nSPS) is 22.1. The minimum atomic E-state index is -0.765. The number of carbonyl (C=O) groups is 10. The van der Waals surface area contributed by atoms with E-state index in [2.05, 4.69) is 20.8 Å². The SMILES string of the molecule is CCCCCCCCC1C(CCCCCC)CCC(CCCCCCCCN(C(=O)CC)C2CC(=O)N(CC(C)(C)CC(C)CCN3C(=O)C=CC3=O)C2=O)C1CCCCCCCCN(C(=O)CC)C1CC(=O)N(CCCC(C)CN2C(=O)C=CC2=O)C1=O. The Morgan fingerprint density at radius 3 is 1.31 bits per heavy atom. The predicted molar refractivity (Wildman–Crippen MR) is 351 cm³/mol. The number of carbonyl (C=O) groups excluding carboxylic acids is 10. The van der Waals surface area contributed by atoms with Gasteiger partial charge >= 0.3 is 0 Å². The fraction of sp³-hybridized carbons (Fsp3) is 0.808. The number of hydrogen-bond donors (Lipinski definition) is 0. The molecule has 1 saturated carbocycles. The van der Waals surface area contributed by atoms with Gasteiger partial charge in [-0.25, -0.2) is 0 Å². The van der Waals surface area contributed by atoms with E-state index in [0.717, 1.165) is 75.0 Å². The van der Waals surface area contributed by atoms with Crippen molar-refractivity contribution in [1.82, 2.24) is 29.4 Å². The summed E-state index contributed by atoms with van der Waals surface area (Å²) in [7, 11) is 0. The van der Waals surface area contributed by atoms with Gasteiger partial charge in [0.05, 0.1) is 12.8 Å². The van der Waals surface area contributed by atoms with Crippen LogP contribution in [0.25, 0.3) is 0 Å². The average Bonchev–Trinajstić information content (AvgIpc) is 2.40. The molecule has 0 aromatic rings. The third-order valence-corrected chi connectivity index (χ3v) is 20.5. The molecule has 4 aliphatic heterocycles. The lowest BCUT2D eigenvalue weighted by Gasteiger charge is -2.44. The molecule has 3 fully saturated rings. The summed E-state index contributed by atoms with van der Waals surface area (Å²) in [6.45, 7) is 18.4. The average molecular weight is 1240 g/mol.